The molecule has 2 aromatic carbocycles. The van der Waals surface area contributed by atoms with Gasteiger partial charge >= 0.3 is 12.1 Å². The van der Waals surface area contributed by atoms with Gasteiger partial charge in [-0.05, 0) is 61.7 Å². The SMILES string of the molecule is Cc1ccc(S[S+](CCC(CN)CC(=O)O)c2ccc(C(F)(F)F)c(CN)c2)cc1. The van der Waals surface area contributed by atoms with Crippen LogP contribution >= 0.6 is 10.8 Å². The second-order valence-corrected chi connectivity index (χ2v) is 10.9. The summed E-state index contributed by atoms with van der Waals surface area (Å²) in [5.74, 6) is -0.473. The van der Waals surface area contributed by atoms with E-state index in [0.29, 0.717) is 12.2 Å². The average Bonchev–Trinajstić information content (AvgIpc) is 2.69. The van der Waals surface area contributed by atoms with Crippen LogP contribution in [-0.2, 0) is 27.4 Å². The lowest BCUT2D eigenvalue weighted by Crippen LogP contribution is -2.21. The molecule has 0 aliphatic rings. The molecule has 0 fully saturated rings. The highest BCUT2D eigenvalue weighted by atomic mass is 33.1. The van der Waals surface area contributed by atoms with Gasteiger partial charge in [0.25, 0.3) is 0 Å². The molecule has 0 aromatic heterocycles. The van der Waals surface area contributed by atoms with Gasteiger partial charge in [-0.1, -0.05) is 17.7 Å². The van der Waals surface area contributed by atoms with E-state index in [-0.39, 0.29) is 31.0 Å². The Morgan fingerprint density at radius 1 is 1.17 bits per heavy atom. The van der Waals surface area contributed by atoms with E-state index in [1.165, 1.54) is 12.1 Å². The fraction of sp³-hybridized carbons (Fsp3) is 0.381. The van der Waals surface area contributed by atoms with Crippen molar-refractivity contribution in [3.8, 4) is 0 Å². The molecule has 0 saturated heterocycles. The molecule has 0 saturated carbocycles. The minimum absolute atomic E-state index is 0.0238. The fourth-order valence-electron chi connectivity index (χ4n) is 2.90. The molecule has 9 heteroatoms. The largest absolute Gasteiger partial charge is 0.481 e. The third-order valence-corrected chi connectivity index (χ3v) is 8.90. The summed E-state index contributed by atoms with van der Waals surface area (Å²) in [5.41, 5.74) is 11.8. The number of carboxylic acid groups (broad SMARTS) is 1. The smallest absolute Gasteiger partial charge is 0.416 e. The monoisotopic (exact) mass is 459 g/mol. The van der Waals surface area contributed by atoms with Gasteiger partial charge in [-0.15, -0.1) is 0 Å². The molecular formula is C21H26F3N2O2S2+. The molecule has 0 heterocycles. The first-order valence-electron chi connectivity index (χ1n) is 9.42. The maximum absolute atomic E-state index is 13.2. The zero-order valence-corrected chi connectivity index (χ0v) is 18.2. The Bertz CT molecular complexity index is 845. The number of rotatable bonds is 10. The van der Waals surface area contributed by atoms with E-state index in [1.807, 2.05) is 31.2 Å². The molecule has 0 aliphatic heterocycles. The van der Waals surface area contributed by atoms with Crippen LogP contribution in [0.15, 0.2) is 52.3 Å². The van der Waals surface area contributed by atoms with Crippen molar-refractivity contribution in [3.63, 3.8) is 0 Å². The van der Waals surface area contributed by atoms with E-state index in [9.17, 15) is 18.0 Å². The van der Waals surface area contributed by atoms with E-state index in [0.717, 1.165) is 21.4 Å². The van der Waals surface area contributed by atoms with Crippen LogP contribution in [0.25, 0.3) is 0 Å². The Morgan fingerprint density at radius 2 is 1.83 bits per heavy atom. The molecule has 0 bridgehead atoms. The van der Waals surface area contributed by atoms with Crippen LogP contribution in [0.4, 0.5) is 13.2 Å². The molecule has 2 atom stereocenters. The molecule has 0 radical (unpaired) electrons. The van der Waals surface area contributed by atoms with Crippen molar-refractivity contribution in [1.82, 2.24) is 0 Å². The number of hydrogen-bond donors (Lipinski definition) is 3. The summed E-state index contributed by atoms with van der Waals surface area (Å²) >= 11 is 0. The third-order valence-electron chi connectivity index (χ3n) is 4.59. The number of hydrogen-bond acceptors (Lipinski definition) is 4. The molecule has 0 amide bonds. The Morgan fingerprint density at radius 3 is 2.37 bits per heavy atom. The Labute approximate surface area is 181 Å². The van der Waals surface area contributed by atoms with Crippen LogP contribution < -0.4 is 11.5 Å². The normalized spacial score (nSPS) is 13.8. The predicted molar refractivity (Wildman–Crippen MR) is 116 cm³/mol. The van der Waals surface area contributed by atoms with Gasteiger partial charge < -0.3 is 16.6 Å². The van der Waals surface area contributed by atoms with Gasteiger partial charge in [0.2, 0.25) is 0 Å². The standard InChI is InChI=1S/C21H25F3N2O2S2/c1-14-2-4-17(5-3-14)29-30(9-8-15(12-25)10-20(27)28)18-6-7-19(21(22,23)24)16(11-18)13-26/h2-7,11,15H,8-10,12-13,25-26H2,1H3/p+1. The summed E-state index contributed by atoms with van der Waals surface area (Å²) in [6, 6.07) is 12.0. The lowest BCUT2D eigenvalue weighted by atomic mass is 10.0. The number of benzene rings is 2. The van der Waals surface area contributed by atoms with Crippen LogP contribution in [0.1, 0.15) is 29.5 Å². The number of nitrogens with two attached hydrogens (primary N) is 2. The molecule has 164 valence electrons. The fourth-order valence-corrected chi connectivity index (χ4v) is 7.00. The van der Waals surface area contributed by atoms with Crippen LogP contribution in [0.3, 0.4) is 0 Å². The van der Waals surface area contributed by atoms with E-state index in [1.54, 1.807) is 10.8 Å². The van der Waals surface area contributed by atoms with Crippen molar-refractivity contribution in [3.05, 3.63) is 59.2 Å². The first kappa shape index (κ1) is 24.6. The maximum Gasteiger partial charge on any atom is 0.416 e. The molecule has 30 heavy (non-hydrogen) atoms. The summed E-state index contributed by atoms with van der Waals surface area (Å²) in [6.07, 6.45) is -3.91. The second kappa shape index (κ2) is 11.1. The topological polar surface area (TPSA) is 89.3 Å². The van der Waals surface area contributed by atoms with Crippen molar-refractivity contribution in [1.29, 1.82) is 0 Å². The van der Waals surface area contributed by atoms with Gasteiger partial charge in [-0.2, -0.15) is 13.2 Å². The minimum Gasteiger partial charge on any atom is -0.481 e. The quantitative estimate of drug-likeness (QED) is 0.357. The van der Waals surface area contributed by atoms with Gasteiger partial charge in [0, 0.05) is 13.0 Å². The van der Waals surface area contributed by atoms with Crippen molar-refractivity contribution >= 4 is 26.7 Å². The number of carboxylic acids is 1. The van der Waals surface area contributed by atoms with Gasteiger partial charge in [-0.25, -0.2) is 0 Å². The highest BCUT2D eigenvalue weighted by Gasteiger charge is 2.35. The summed E-state index contributed by atoms with van der Waals surface area (Å²) in [6.45, 7) is 2.02. The van der Waals surface area contributed by atoms with Gasteiger partial charge in [-0.3, -0.25) is 4.79 Å². The number of alkyl halides is 3. The number of carbonyl (C=O) groups is 1. The van der Waals surface area contributed by atoms with E-state index >= 15 is 0 Å². The summed E-state index contributed by atoms with van der Waals surface area (Å²) in [5, 5.41) is 9.05. The van der Waals surface area contributed by atoms with Crippen molar-refractivity contribution in [2.75, 3.05) is 12.3 Å². The van der Waals surface area contributed by atoms with Crippen LogP contribution in [0.5, 0.6) is 0 Å². The second-order valence-electron chi connectivity index (χ2n) is 6.96. The van der Waals surface area contributed by atoms with Crippen molar-refractivity contribution in [2.45, 2.75) is 42.3 Å². The number of halogens is 3. The highest BCUT2D eigenvalue weighted by Crippen LogP contribution is 2.38. The molecule has 5 N–H and O–H groups in total. The number of aliphatic carboxylic acids is 1. The zero-order chi connectivity index (χ0) is 22.3. The lowest BCUT2D eigenvalue weighted by molar-refractivity contribution is -0.139. The maximum atomic E-state index is 13.2. The molecule has 2 aromatic rings. The Hall–Kier alpha value is -1.68. The highest BCUT2D eigenvalue weighted by molar-refractivity contribution is 8.74. The predicted octanol–water partition coefficient (Wildman–Crippen LogP) is 4.60. The minimum atomic E-state index is -4.46. The molecule has 4 nitrogen and oxygen atoms in total. The first-order chi connectivity index (χ1) is 14.1. The third kappa shape index (κ3) is 7.23. The van der Waals surface area contributed by atoms with Crippen LogP contribution in [-0.4, -0.2) is 23.4 Å². The van der Waals surface area contributed by atoms with Gasteiger partial charge in [0.1, 0.15) is 16.5 Å². The van der Waals surface area contributed by atoms with Gasteiger partial charge in [0.05, 0.1) is 20.4 Å². The number of aryl methyl sites for hydroxylation is 1. The molecule has 2 rings (SSSR count). The zero-order valence-electron chi connectivity index (χ0n) is 16.6. The van der Waals surface area contributed by atoms with Gasteiger partial charge in [0.15, 0.2) is 4.90 Å². The van der Waals surface area contributed by atoms with E-state index in [2.05, 4.69) is 0 Å². The molecule has 0 aliphatic carbocycles. The average molecular weight is 460 g/mol. The van der Waals surface area contributed by atoms with Crippen molar-refractivity contribution < 1.29 is 23.1 Å². The Balaban J connectivity index is 2.32. The van der Waals surface area contributed by atoms with Crippen LogP contribution in [0.2, 0.25) is 0 Å². The molecular weight excluding hydrogens is 433 g/mol. The van der Waals surface area contributed by atoms with E-state index in [4.69, 9.17) is 16.6 Å². The lowest BCUT2D eigenvalue weighted by Gasteiger charge is -2.15. The Kier molecular flexibility index (Phi) is 9.09. The molecule has 0 spiro atoms. The molecule has 2 unspecified atom stereocenters. The summed E-state index contributed by atoms with van der Waals surface area (Å²) < 4.78 is 39.7. The summed E-state index contributed by atoms with van der Waals surface area (Å²) in [4.78, 5) is 12.8. The first-order valence-corrected chi connectivity index (χ1v) is 12.1. The summed E-state index contributed by atoms with van der Waals surface area (Å²) in [7, 11) is 1.09. The van der Waals surface area contributed by atoms with E-state index < -0.39 is 27.6 Å². The van der Waals surface area contributed by atoms with Crippen LogP contribution in [0, 0.1) is 12.8 Å². The van der Waals surface area contributed by atoms with Crippen molar-refractivity contribution in [2.24, 2.45) is 17.4 Å².